The van der Waals surface area contributed by atoms with Crippen molar-refractivity contribution in [3.8, 4) is 5.75 Å². The van der Waals surface area contributed by atoms with Crippen LogP contribution in [0.5, 0.6) is 5.75 Å². The summed E-state index contributed by atoms with van der Waals surface area (Å²) in [5.74, 6) is 0.0313. The van der Waals surface area contributed by atoms with E-state index in [4.69, 9.17) is 9.47 Å². The summed E-state index contributed by atoms with van der Waals surface area (Å²) in [6.07, 6.45) is 2.99. The lowest BCUT2D eigenvalue weighted by molar-refractivity contribution is -0.0926. The Balaban J connectivity index is 1.34. The zero-order valence-corrected chi connectivity index (χ0v) is 16.2. The van der Waals surface area contributed by atoms with Crippen LogP contribution < -0.4 is 4.74 Å². The number of thiophene rings is 1. The highest BCUT2D eigenvalue weighted by Gasteiger charge is 2.43. The predicted molar refractivity (Wildman–Crippen MR) is 103 cm³/mol. The maximum Gasteiger partial charge on any atom is 0.345 e. The summed E-state index contributed by atoms with van der Waals surface area (Å²) in [4.78, 5) is 27.7. The highest BCUT2D eigenvalue weighted by molar-refractivity contribution is 7.14. The third kappa shape index (κ3) is 2.81. The fourth-order valence-electron chi connectivity index (χ4n) is 4.51. The minimum Gasteiger partial charge on any atom is -0.493 e. The minimum absolute atomic E-state index is 0.0390. The molecule has 1 fully saturated rings. The number of hydrogen-bond acceptors (Lipinski definition) is 5. The number of piperidine rings is 1. The van der Waals surface area contributed by atoms with Gasteiger partial charge in [0, 0.05) is 36.4 Å². The minimum atomic E-state index is -0.886. The van der Waals surface area contributed by atoms with E-state index < -0.39 is 11.6 Å². The number of carbonyl (C=O) groups excluding carboxylic acids is 1. The number of carboxylic acid groups (broad SMARTS) is 1. The fourth-order valence-corrected chi connectivity index (χ4v) is 5.58. The van der Waals surface area contributed by atoms with E-state index in [1.165, 1.54) is 11.3 Å². The number of carbonyl (C=O) groups is 2. The summed E-state index contributed by atoms with van der Waals surface area (Å²) < 4.78 is 11.7. The first kappa shape index (κ1) is 17.7. The Morgan fingerprint density at radius 2 is 1.93 bits per heavy atom. The predicted octanol–water partition coefficient (Wildman–Crippen LogP) is 3.09. The average Bonchev–Trinajstić information content (AvgIpc) is 3.35. The van der Waals surface area contributed by atoms with Crippen LogP contribution in [0.4, 0.5) is 0 Å². The Hall–Kier alpha value is -2.38. The number of carboxylic acids is 1. The van der Waals surface area contributed by atoms with Crippen molar-refractivity contribution in [1.82, 2.24) is 4.90 Å². The average molecular weight is 399 g/mol. The van der Waals surface area contributed by atoms with E-state index in [0.717, 1.165) is 34.6 Å². The molecule has 0 bridgehead atoms. The molecule has 7 heteroatoms. The first-order chi connectivity index (χ1) is 13.6. The second kappa shape index (κ2) is 6.60. The lowest BCUT2D eigenvalue weighted by Gasteiger charge is -2.44. The molecule has 1 spiro atoms. The molecule has 1 saturated heterocycles. The van der Waals surface area contributed by atoms with Crippen molar-refractivity contribution in [2.24, 2.45) is 0 Å². The van der Waals surface area contributed by atoms with Gasteiger partial charge in [0.05, 0.1) is 18.8 Å². The van der Waals surface area contributed by atoms with Crippen molar-refractivity contribution in [1.29, 1.82) is 0 Å². The summed E-state index contributed by atoms with van der Waals surface area (Å²) in [7, 11) is 0. The van der Waals surface area contributed by atoms with Crippen LogP contribution in [0.1, 0.15) is 48.9 Å². The van der Waals surface area contributed by atoms with Gasteiger partial charge in [0.2, 0.25) is 0 Å². The van der Waals surface area contributed by atoms with Gasteiger partial charge in [-0.15, -0.1) is 11.3 Å². The van der Waals surface area contributed by atoms with Crippen LogP contribution in [-0.2, 0) is 23.2 Å². The molecule has 1 amide bonds. The standard InChI is InChI=1S/C21H21NO5S/c23-19(14-1-2-16-13(11-14)3-9-26-16)22-7-5-21(6-8-22)15-12-18(20(24)25)28-17(15)4-10-27-21/h1-2,11-12H,3-10H2,(H,24,25). The molecule has 1 aromatic carbocycles. The zero-order chi connectivity index (χ0) is 19.3. The fraction of sp³-hybridized carbons (Fsp3) is 0.429. The van der Waals surface area contributed by atoms with Gasteiger partial charge in [0.15, 0.2) is 0 Å². The molecular formula is C21H21NO5S. The van der Waals surface area contributed by atoms with Gasteiger partial charge < -0.3 is 19.5 Å². The van der Waals surface area contributed by atoms with E-state index in [1.807, 2.05) is 23.1 Å². The number of ether oxygens (including phenoxy) is 2. The van der Waals surface area contributed by atoms with Crippen molar-refractivity contribution in [3.05, 3.63) is 50.7 Å². The summed E-state index contributed by atoms with van der Waals surface area (Å²) in [5, 5.41) is 9.34. The monoisotopic (exact) mass is 399 g/mol. The largest absolute Gasteiger partial charge is 0.493 e. The SMILES string of the molecule is O=C(O)c1cc2c(s1)CCOC21CCN(C(=O)c2ccc3c(c2)CCO3)CC1. The third-order valence-electron chi connectivity index (χ3n) is 6.01. The van der Waals surface area contributed by atoms with Crippen LogP contribution in [0.2, 0.25) is 0 Å². The Kier molecular flexibility index (Phi) is 4.17. The quantitative estimate of drug-likeness (QED) is 0.840. The first-order valence-corrected chi connectivity index (χ1v) is 10.4. The van der Waals surface area contributed by atoms with Gasteiger partial charge in [-0.25, -0.2) is 4.79 Å². The van der Waals surface area contributed by atoms with Gasteiger partial charge in [-0.1, -0.05) is 0 Å². The number of hydrogen-bond donors (Lipinski definition) is 1. The molecule has 5 rings (SSSR count). The highest BCUT2D eigenvalue weighted by atomic mass is 32.1. The molecule has 0 saturated carbocycles. The summed E-state index contributed by atoms with van der Waals surface area (Å²) in [6.45, 7) is 2.48. The van der Waals surface area contributed by atoms with Crippen molar-refractivity contribution >= 4 is 23.2 Å². The van der Waals surface area contributed by atoms with Crippen LogP contribution in [0.15, 0.2) is 24.3 Å². The molecule has 146 valence electrons. The first-order valence-electron chi connectivity index (χ1n) is 9.61. The number of amides is 1. The van der Waals surface area contributed by atoms with Gasteiger partial charge in [-0.05, 0) is 48.2 Å². The Labute approximate surface area is 166 Å². The zero-order valence-electron chi connectivity index (χ0n) is 15.4. The van der Waals surface area contributed by atoms with Gasteiger partial charge in [0.25, 0.3) is 5.91 Å². The van der Waals surface area contributed by atoms with Gasteiger partial charge in [0.1, 0.15) is 10.6 Å². The van der Waals surface area contributed by atoms with Crippen LogP contribution in [0, 0.1) is 0 Å². The second-order valence-electron chi connectivity index (χ2n) is 7.56. The molecule has 28 heavy (non-hydrogen) atoms. The molecule has 0 aliphatic carbocycles. The molecule has 1 N–H and O–H groups in total. The molecule has 1 aromatic heterocycles. The van der Waals surface area contributed by atoms with Gasteiger partial charge in [-0.2, -0.15) is 0 Å². The molecule has 0 atom stereocenters. The third-order valence-corrected chi connectivity index (χ3v) is 7.20. The smallest absolute Gasteiger partial charge is 0.345 e. The molecule has 4 heterocycles. The summed E-state index contributed by atoms with van der Waals surface area (Å²) in [5.41, 5.74) is 2.36. The van der Waals surface area contributed by atoms with Crippen LogP contribution in [0.3, 0.4) is 0 Å². The van der Waals surface area contributed by atoms with Crippen molar-refractivity contribution in [2.75, 3.05) is 26.3 Å². The van der Waals surface area contributed by atoms with Crippen molar-refractivity contribution in [3.63, 3.8) is 0 Å². The van der Waals surface area contributed by atoms with Crippen LogP contribution in [-0.4, -0.2) is 48.2 Å². The molecule has 6 nitrogen and oxygen atoms in total. The van der Waals surface area contributed by atoms with Gasteiger partial charge >= 0.3 is 5.97 Å². The van der Waals surface area contributed by atoms with E-state index >= 15 is 0 Å². The molecule has 3 aliphatic rings. The molecule has 2 aromatic rings. The Morgan fingerprint density at radius 3 is 2.71 bits per heavy atom. The number of fused-ring (bicyclic) bond motifs is 3. The summed E-state index contributed by atoms with van der Waals surface area (Å²) >= 11 is 1.35. The Morgan fingerprint density at radius 1 is 1.11 bits per heavy atom. The number of nitrogens with zero attached hydrogens (tertiary/aromatic N) is 1. The van der Waals surface area contributed by atoms with E-state index in [0.29, 0.717) is 49.6 Å². The molecule has 0 radical (unpaired) electrons. The lowest BCUT2D eigenvalue weighted by atomic mass is 9.82. The normalized spacial score (nSPS) is 19.8. The molecular weight excluding hydrogens is 378 g/mol. The topological polar surface area (TPSA) is 76.1 Å². The number of aromatic carboxylic acids is 1. The maximum atomic E-state index is 13.0. The van der Waals surface area contributed by atoms with Crippen molar-refractivity contribution in [2.45, 2.75) is 31.3 Å². The molecule has 0 unspecified atom stereocenters. The van der Waals surface area contributed by atoms with Crippen molar-refractivity contribution < 1.29 is 24.2 Å². The van der Waals surface area contributed by atoms with E-state index in [2.05, 4.69) is 0 Å². The lowest BCUT2D eigenvalue weighted by Crippen LogP contribution is -2.48. The van der Waals surface area contributed by atoms with Gasteiger partial charge in [-0.3, -0.25) is 4.79 Å². The number of likely N-dealkylation sites (tertiary alicyclic amines) is 1. The van der Waals surface area contributed by atoms with Crippen LogP contribution in [0.25, 0.3) is 0 Å². The van der Waals surface area contributed by atoms with E-state index in [9.17, 15) is 14.7 Å². The highest BCUT2D eigenvalue weighted by Crippen LogP contribution is 2.44. The van der Waals surface area contributed by atoms with E-state index in [-0.39, 0.29) is 5.91 Å². The van der Waals surface area contributed by atoms with E-state index in [1.54, 1.807) is 6.07 Å². The number of benzene rings is 1. The number of rotatable bonds is 2. The second-order valence-corrected chi connectivity index (χ2v) is 8.70. The maximum absolute atomic E-state index is 13.0. The molecule has 3 aliphatic heterocycles. The summed E-state index contributed by atoms with van der Waals surface area (Å²) in [6, 6.07) is 7.45. The van der Waals surface area contributed by atoms with Crippen LogP contribution >= 0.6 is 11.3 Å². The Bertz CT molecular complexity index is 958.